The molecule has 0 bridgehead atoms. The highest BCUT2D eigenvalue weighted by Gasteiger charge is 2.40. The normalized spacial score (nSPS) is 22.5. The lowest BCUT2D eigenvalue weighted by Gasteiger charge is -2.15. The third-order valence-corrected chi connectivity index (χ3v) is 4.02. The Labute approximate surface area is 116 Å². The quantitative estimate of drug-likeness (QED) is 0.911. The summed E-state index contributed by atoms with van der Waals surface area (Å²) < 4.78 is 0. The van der Waals surface area contributed by atoms with Crippen molar-refractivity contribution in [2.45, 2.75) is 5.92 Å². The fraction of sp³-hybridized carbons (Fsp3) is 0.429. The minimum atomic E-state index is -0.826. The van der Waals surface area contributed by atoms with E-state index in [9.17, 15) is 14.7 Å². The molecule has 0 aromatic heterocycles. The first kappa shape index (κ1) is 13.9. The molecule has 2 rings (SSSR count). The number of hydrogen-bond acceptors (Lipinski definition) is 3. The number of nitrogens with zero attached hydrogens (tertiary/aromatic N) is 1. The number of carbonyl (C=O) groups is 2. The number of benzene rings is 1. The summed E-state index contributed by atoms with van der Waals surface area (Å²) in [5, 5.41) is 9.33. The third-order valence-electron chi connectivity index (χ3n) is 3.49. The van der Waals surface area contributed by atoms with Gasteiger partial charge in [-0.25, -0.2) is 0 Å². The lowest BCUT2D eigenvalue weighted by atomic mass is 9.89. The van der Waals surface area contributed by atoms with Crippen LogP contribution in [0.5, 0.6) is 0 Å². The van der Waals surface area contributed by atoms with Crippen LogP contribution in [0.4, 0.5) is 0 Å². The van der Waals surface area contributed by atoms with Gasteiger partial charge < -0.3 is 10.0 Å². The smallest absolute Gasteiger partial charge is 0.308 e. The molecule has 1 saturated heterocycles. The highest BCUT2D eigenvalue weighted by atomic mass is 32.2. The molecule has 0 saturated carbocycles. The minimum Gasteiger partial charge on any atom is -0.481 e. The molecule has 4 nitrogen and oxygen atoms in total. The van der Waals surface area contributed by atoms with Gasteiger partial charge in [-0.15, -0.1) is 0 Å². The maximum Gasteiger partial charge on any atom is 0.308 e. The van der Waals surface area contributed by atoms with Crippen LogP contribution in [-0.2, 0) is 9.59 Å². The molecule has 1 aromatic rings. The summed E-state index contributed by atoms with van der Waals surface area (Å²) in [6, 6.07) is 9.58. The van der Waals surface area contributed by atoms with Gasteiger partial charge >= 0.3 is 5.97 Å². The van der Waals surface area contributed by atoms with Crippen LogP contribution in [0.2, 0.25) is 0 Å². The monoisotopic (exact) mass is 279 g/mol. The van der Waals surface area contributed by atoms with Crippen molar-refractivity contribution in [3.05, 3.63) is 35.9 Å². The highest BCUT2D eigenvalue weighted by molar-refractivity contribution is 7.99. The Morgan fingerprint density at radius 1 is 1.32 bits per heavy atom. The van der Waals surface area contributed by atoms with E-state index in [0.717, 1.165) is 5.56 Å². The van der Waals surface area contributed by atoms with Crippen LogP contribution in [0, 0.1) is 5.92 Å². The van der Waals surface area contributed by atoms with Gasteiger partial charge in [0.2, 0.25) is 5.91 Å². The molecule has 1 aromatic carbocycles. The van der Waals surface area contributed by atoms with Gasteiger partial charge in [-0.3, -0.25) is 9.59 Å². The maximum atomic E-state index is 11.9. The van der Waals surface area contributed by atoms with Gasteiger partial charge in [-0.05, 0) is 11.8 Å². The van der Waals surface area contributed by atoms with E-state index >= 15 is 0 Å². The zero-order chi connectivity index (χ0) is 13.8. The number of rotatable bonds is 4. The Balaban J connectivity index is 2.18. The van der Waals surface area contributed by atoms with Crippen molar-refractivity contribution in [1.29, 1.82) is 0 Å². The molecule has 0 radical (unpaired) electrons. The second-order valence-electron chi connectivity index (χ2n) is 4.69. The summed E-state index contributed by atoms with van der Waals surface area (Å²) in [7, 11) is 0. The van der Waals surface area contributed by atoms with Crippen LogP contribution in [0.15, 0.2) is 30.3 Å². The molecule has 2 atom stereocenters. The minimum absolute atomic E-state index is 0.0252. The average molecular weight is 279 g/mol. The first-order valence-corrected chi connectivity index (χ1v) is 7.57. The molecule has 1 fully saturated rings. The van der Waals surface area contributed by atoms with Crippen LogP contribution in [0.3, 0.4) is 0 Å². The number of carboxylic acid groups (broad SMARTS) is 1. The van der Waals surface area contributed by atoms with E-state index in [1.54, 1.807) is 4.90 Å². The first-order valence-electron chi connectivity index (χ1n) is 6.18. The standard InChI is InChI=1S/C14H17NO3S/c1-19-9-13(16)15-7-11(12(8-15)14(17)18)10-5-3-2-4-6-10/h2-6,11-12H,7-9H2,1H3,(H,17,18). The summed E-state index contributed by atoms with van der Waals surface area (Å²) in [5.74, 6) is -1.00. The van der Waals surface area contributed by atoms with Crippen LogP contribution < -0.4 is 0 Å². The van der Waals surface area contributed by atoms with Gasteiger partial charge in [0.15, 0.2) is 0 Å². The van der Waals surface area contributed by atoms with E-state index in [0.29, 0.717) is 18.8 Å². The third kappa shape index (κ3) is 3.10. The van der Waals surface area contributed by atoms with Gasteiger partial charge in [0, 0.05) is 19.0 Å². The van der Waals surface area contributed by atoms with Crippen molar-refractivity contribution in [2.75, 3.05) is 25.1 Å². The Kier molecular flexibility index (Phi) is 4.47. The molecule has 1 N–H and O–H groups in total. The number of amides is 1. The molecule has 5 heteroatoms. The van der Waals surface area contributed by atoms with E-state index < -0.39 is 11.9 Å². The number of likely N-dealkylation sites (tertiary alicyclic amines) is 1. The molecule has 1 amide bonds. The predicted octanol–water partition coefficient (Wildman–Crippen LogP) is 1.68. The molecular formula is C14H17NO3S. The average Bonchev–Trinajstić information content (AvgIpc) is 2.85. The molecule has 1 aliphatic heterocycles. The largest absolute Gasteiger partial charge is 0.481 e. The molecule has 19 heavy (non-hydrogen) atoms. The fourth-order valence-corrected chi connectivity index (χ4v) is 2.94. The van der Waals surface area contributed by atoms with Crippen molar-refractivity contribution < 1.29 is 14.7 Å². The molecule has 0 aliphatic carbocycles. The summed E-state index contributed by atoms with van der Waals surface area (Å²) in [4.78, 5) is 24.9. The van der Waals surface area contributed by atoms with Gasteiger partial charge in [0.25, 0.3) is 0 Å². The Hall–Kier alpha value is -1.49. The fourth-order valence-electron chi connectivity index (χ4n) is 2.51. The van der Waals surface area contributed by atoms with Crippen molar-refractivity contribution in [2.24, 2.45) is 5.92 Å². The summed E-state index contributed by atoms with van der Waals surface area (Å²) >= 11 is 1.46. The van der Waals surface area contributed by atoms with Crippen LogP contribution >= 0.6 is 11.8 Å². The van der Waals surface area contributed by atoms with E-state index in [2.05, 4.69) is 0 Å². The summed E-state index contributed by atoms with van der Waals surface area (Å²) in [5.41, 5.74) is 0.995. The molecule has 1 aliphatic rings. The zero-order valence-corrected chi connectivity index (χ0v) is 11.6. The van der Waals surface area contributed by atoms with Crippen LogP contribution in [-0.4, -0.2) is 47.0 Å². The topological polar surface area (TPSA) is 57.6 Å². The van der Waals surface area contributed by atoms with E-state index in [-0.39, 0.29) is 11.8 Å². The van der Waals surface area contributed by atoms with Crippen molar-refractivity contribution >= 4 is 23.6 Å². The maximum absolute atomic E-state index is 11.9. The molecular weight excluding hydrogens is 262 g/mol. The Morgan fingerprint density at radius 2 is 2.00 bits per heavy atom. The highest BCUT2D eigenvalue weighted by Crippen LogP contribution is 2.33. The first-order chi connectivity index (χ1) is 9.13. The number of carbonyl (C=O) groups excluding carboxylic acids is 1. The van der Waals surface area contributed by atoms with Crippen molar-refractivity contribution in [3.8, 4) is 0 Å². The van der Waals surface area contributed by atoms with Gasteiger partial charge in [-0.1, -0.05) is 30.3 Å². The van der Waals surface area contributed by atoms with Crippen molar-refractivity contribution in [3.63, 3.8) is 0 Å². The SMILES string of the molecule is CSCC(=O)N1CC(C(=O)O)C(c2ccccc2)C1. The Bertz CT molecular complexity index is 463. The van der Waals surface area contributed by atoms with Gasteiger partial charge in [0.1, 0.15) is 0 Å². The Morgan fingerprint density at radius 3 is 2.58 bits per heavy atom. The van der Waals surface area contributed by atoms with E-state index in [1.807, 2.05) is 36.6 Å². The van der Waals surface area contributed by atoms with Gasteiger partial charge in [-0.2, -0.15) is 11.8 Å². The summed E-state index contributed by atoms with van der Waals surface area (Å²) in [6.45, 7) is 0.814. The zero-order valence-electron chi connectivity index (χ0n) is 10.8. The van der Waals surface area contributed by atoms with Crippen LogP contribution in [0.25, 0.3) is 0 Å². The number of aliphatic carboxylic acids is 1. The molecule has 0 spiro atoms. The lowest BCUT2D eigenvalue weighted by molar-refractivity contribution is -0.141. The van der Waals surface area contributed by atoms with E-state index in [4.69, 9.17) is 0 Å². The van der Waals surface area contributed by atoms with Crippen LogP contribution in [0.1, 0.15) is 11.5 Å². The van der Waals surface area contributed by atoms with E-state index in [1.165, 1.54) is 11.8 Å². The van der Waals surface area contributed by atoms with Crippen molar-refractivity contribution in [1.82, 2.24) is 4.90 Å². The number of thioether (sulfide) groups is 1. The molecule has 2 unspecified atom stereocenters. The second-order valence-corrected chi connectivity index (χ2v) is 5.56. The molecule has 102 valence electrons. The predicted molar refractivity (Wildman–Crippen MR) is 75.3 cm³/mol. The molecule has 1 heterocycles. The summed E-state index contributed by atoms with van der Waals surface area (Å²) in [6.07, 6.45) is 1.87. The van der Waals surface area contributed by atoms with Gasteiger partial charge in [0.05, 0.1) is 11.7 Å². The number of hydrogen-bond donors (Lipinski definition) is 1. The second kappa shape index (κ2) is 6.10. The lowest BCUT2D eigenvalue weighted by Crippen LogP contribution is -2.31. The number of carboxylic acids is 1.